The number of aromatic nitrogens is 1. The van der Waals surface area contributed by atoms with Crippen molar-refractivity contribution in [2.75, 3.05) is 0 Å². The van der Waals surface area contributed by atoms with Gasteiger partial charge in [0.05, 0.1) is 13.1 Å². The van der Waals surface area contributed by atoms with E-state index in [0.29, 0.717) is 22.8 Å². The first kappa shape index (κ1) is 17.4. The topological polar surface area (TPSA) is 7.94 Å². The van der Waals surface area contributed by atoms with E-state index in [9.17, 15) is 0 Å². The van der Waals surface area contributed by atoms with E-state index in [1.807, 2.05) is 32.1 Å². The summed E-state index contributed by atoms with van der Waals surface area (Å²) in [7, 11) is 0. The molecule has 0 N–H and O–H groups in total. The first-order valence-electron chi connectivity index (χ1n) is 7.87. The highest BCUT2D eigenvalue weighted by molar-refractivity contribution is 9.12. The molecule has 0 spiro atoms. The highest BCUT2D eigenvalue weighted by Crippen LogP contribution is 2.47. The Bertz CT molecular complexity index is 1040. The van der Waals surface area contributed by atoms with Gasteiger partial charge in [-0.25, -0.2) is 0 Å². The van der Waals surface area contributed by atoms with Gasteiger partial charge in [0.25, 0.3) is 0 Å². The lowest BCUT2D eigenvalue weighted by molar-refractivity contribution is -0.363. The molecule has 0 fully saturated rings. The van der Waals surface area contributed by atoms with Gasteiger partial charge in [0.1, 0.15) is 5.71 Å². The number of hydrogen-bond acceptors (Lipinski definition) is 1. The van der Waals surface area contributed by atoms with Crippen LogP contribution in [0.25, 0.3) is 5.57 Å². The Kier molecular flexibility index (Phi) is 3.84. The van der Waals surface area contributed by atoms with E-state index >= 15 is 8.63 Å². The van der Waals surface area contributed by atoms with Gasteiger partial charge in [-0.15, -0.1) is 11.3 Å². The summed E-state index contributed by atoms with van der Waals surface area (Å²) in [5, 5.41) is 0. The van der Waals surface area contributed by atoms with E-state index in [1.165, 1.54) is 8.96 Å². The number of fused-ring (bicyclic) bond motifs is 2. The molecule has 2 aliphatic heterocycles. The third-order valence-corrected chi connectivity index (χ3v) is 7.20. The second-order valence-electron chi connectivity index (χ2n) is 6.58. The molecule has 2 aromatic rings. The standard InChI is InChI=1S/C17H15BBr2F2N2S/c1-8-5-10(3)23-15(8)14(12-7-13(19)25-17(12)20)16-9(2)6-11(4)24(16)18(23,21)22/h5-7H,1-4H3. The van der Waals surface area contributed by atoms with Crippen LogP contribution in [0.5, 0.6) is 0 Å². The predicted molar refractivity (Wildman–Crippen MR) is 108 cm³/mol. The Balaban J connectivity index is 2.21. The van der Waals surface area contributed by atoms with Crippen LogP contribution in [-0.2, 0) is 0 Å². The molecule has 8 heteroatoms. The lowest BCUT2D eigenvalue weighted by Gasteiger charge is -2.33. The highest BCUT2D eigenvalue weighted by Gasteiger charge is 2.55. The average molecular weight is 488 g/mol. The molecular formula is C17H15BBr2F2N2S. The van der Waals surface area contributed by atoms with E-state index in [4.69, 9.17) is 0 Å². The van der Waals surface area contributed by atoms with Crippen LogP contribution in [0, 0.1) is 13.8 Å². The van der Waals surface area contributed by atoms with Crippen LogP contribution in [0.2, 0.25) is 0 Å². The maximum Gasteiger partial charge on any atom is 0.737 e. The lowest BCUT2D eigenvalue weighted by atomic mass is 9.84. The van der Waals surface area contributed by atoms with Crippen molar-refractivity contribution >= 4 is 61.5 Å². The number of nitrogens with zero attached hydrogens (tertiary/aromatic N) is 2. The van der Waals surface area contributed by atoms with Crippen molar-refractivity contribution in [3.63, 3.8) is 0 Å². The molecule has 2 aliphatic rings. The fourth-order valence-electron chi connectivity index (χ4n) is 4.06. The van der Waals surface area contributed by atoms with Gasteiger partial charge in [0.2, 0.25) is 0 Å². The van der Waals surface area contributed by atoms with Crippen molar-refractivity contribution in [3.05, 3.63) is 59.6 Å². The van der Waals surface area contributed by atoms with E-state index in [0.717, 1.165) is 29.8 Å². The second-order valence-corrected chi connectivity index (χ2v) is 10.3. The fourth-order valence-corrected chi connectivity index (χ4v) is 6.89. The molecule has 2 nitrogen and oxygen atoms in total. The smallest absolute Gasteiger partial charge is 0.393 e. The molecular weight excluding hydrogens is 473 g/mol. The van der Waals surface area contributed by atoms with E-state index in [2.05, 4.69) is 31.9 Å². The summed E-state index contributed by atoms with van der Waals surface area (Å²) in [4.78, 5) is 0. The zero-order valence-corrected chi connectivity index (χ0v) is 18.1. The summed E-state index contributed by atoms with van der Waals surface area (Å²) in [6, 6.07) is 3.84. The summed E-state index contributed by atoms with van der Waals surface area (Å²) in [5.74, 6) is 0. The first-order valence-corrected chi connectivity index (χ1v) is 10.3. The number of halogens is 4. The Morgan fingerprint density at radius 3 is 2.40 bits per heavy atom. The minimum atomic E-state index is -3.92. The minimum Gasteiger partial charge on any atom is -0.393 e. The van der Waals surface area contributed by atoms with Crippen molar-refractivity contribution in [1.82, 2.24) is 4.48 Å². The molecule has 0 saturated carbocycles. The van der Waals surface area contributed by atoms with Crippen molar-refractivity contribution in [2.45, 2.75) is 27.7 Å². The molecule has 2 aromatic heterocycles. The van der Waals surface area contributed by atoms with Gasteiger partial charge in [0, 0.05) is 29.8 Å². The van der Waals surface area contributed by atoms with Gasteiger partial charge < -0.3 is 17.6 Å². The van der Waals surface area contributed by atoms with Gasteiger partial charge in [-0.3, -0.25) is 0 Å². The fraction of sp³-hybridized carbons (Fsp3) is 0.235. The maximum absolute atomic E-state index is 15.5. The summed E-state index contributed by atoms with van der Waals surface area (Å²) >= 11 is 8.68. The van der Waals surface area contributed by atoms with Crippen LogP contribution in [-0.4, -0.2) is 21.6 Å². The summed E-state index contributed by atoms with van der Waals surface area (Å²) in [6.45, 7) is 3.39. The maximum atomic E-state index is 15.5. The van der Waals surface area contributed by atoms with E-state index in [-0.39, 0.29) is 0 Å². The normalized spacial score (nSPS) is 18.6. The van der Waals surface area contributed by atoms with E-state index < -0.39 is 6.97 Å². The molecule has 0 aromatic carbocycles. The molecule has 0 bridgehead atoms. The number of hydrogen-bond donors (Lipinski definition) is 0. The van der Waals surface area contributed by atoms with Crippen LogP contribution in [0.15, 0.2) is 37.1 Å². The summed E-state index contributed by atoms with van der Waals surface area (Å²) in [5.41, 5.74) is 5.92. The molecule has 0 aliphatic carbocycles. The summed E-state index contributed by atoms with van der Waals surface area (Å²) < 4.78 is 35.3. The van der Waals surface area contributed by atoms with Crippen molar-refractivity contribution in [3.8, 4) is 0 Å². The van der Waals surface area contributed by atoms with Crippen LogP contribution in [0.4, 0.5) is 8.63 Å². The number of thiophene rings is 1. The Hall–Kier alpha value is -0.985. The number of rotatable bonds is 1. The first-order chi connectivity index (χ1) is 11.6. The van der Waals surface area contributed by atoms with Crippen LogP contribution in [0.3, 0.4) is 0 Å². The molecule has 0 saturated heterocycles. The van der Waals surface area contributed by atoms with Crippen molar-refractivity contribution < 1.29 is 13.1 Å². The second kappa shape index (κ2) is 5.50. The molecule has 4 heterocycles. The third kappa shape index (κ3) is 2.26. The molecule has 0 amide bonds. The molecule has 0 unspecified atom stereocenters. The Labute approximate surface area is 165 Å². The quantitative estimate of drug-likeness (QED) is 0.428. The number of aryl methyl sites for hydroxylation is 2. The zero-order chi connectivity index (χ0) is 18.3. The number of allylic oxidation sites excluding steroid dienone is 2. The average Bonchev–Trinajstić information content (AvgIpc) is 3.07. The molecule has 25 heavy (non-hydrogen) atoms. The van der Waals surface area contributed by atoms with Crippen molar-refractivity contribution in [1.29, 1.82) is 0 Å². The molecule has 0 atom stereocenters. The van der Waals surface area contributed by atoms with Gasteiger partial charge in [-0.05, 0) is 76.0 Å². The lowest BCUT2D eigenvalue weighted by Crippen LogP contribution is -2.51. The third-order valence-electron chi connectivity index (χ3n) is 4.86. The van der Waals surface area contributed by atoms with Gasteiger partial charge in [-0.2, -0.15) is 0 Å². The predicted octanol–water partition coefficient (Wildman–Crippen LogP) is 6.12. The Morgan fingerprint density at radius 1 is 1.12 bits per heavy atom. The minimum absolute atomic E-state index is 0.580. The zero-order valence-electron chi connectivity index (χ0n) is 14.1. The van der Waals surface area contributed by atoms with Gasteiger partial charge >= 0.3 is 6.97 Å². The van der Waals surface area contributed by atoms with Gasteiger partial charge in [0.15, 0.2) is 5.70 Å². The summed E-state index contributed by atoms with van der Waals surface area (Å²) in [6.07, 6.45) is 1.84. The van der Waals surface area contributed by atoms with Gasteiger partial charge in [-0.1, -0.05) is 0 Å². The van der Waals surface area contributed by atoms with Crippen LogP contribution < -0.4 is 0 Å². The van der Waals surface area contributed by atoms with Crippen LogP contribution >= 0.6 is 43.2 Å². The largest absolute Gasteiger partial charge is 0.737 e. The monoisotopic (exact) mass is 486 g/mol. The Morgan fingerprint density at radius 2 is 1.80 bits per heavy atom. The van der Waals surface area contributed by atoms with Crippen molar-refractivity contribution in [2.24, 2.45) is 0 Å². The highest BCUT2D eigenvalue weighted by atomic mass is 79.9. The van der Waals surface area contributed by atoms with Crippen LogP contribution in [0.1, 0.15) is 36.4 Å². The molecule has 4 rings (SSSR count). The SMILES string of the molecule is CC1=CC(C)=[N+]2C1=C(c1cc(Br)sc1Br)c1c(C)cc(C)n1[B-]2(F)F. The molecule has 130 valence electrons. The van der Waals surface area contributed by atoms with E-state index in [1.54, 1.807) is 25.2 Å². The molecule has 0 radical (unpaired) electrons.